The van der Waals surface area contributed by atoms with Gasteiger partial charge in [0.2, 0.25) is 5.91 Å². The van der Waals surface area contributed by atoms with E-state index in [4.69, 9.17) is 5.11 Å². The molecule has 0 radical (unpaired) electrons. The van der Waals surface area contributed by atoms with Gasteiger partial charge in [-0.2, -0.15) is 4.31 Å². The maximum Gasteiger partial charge on any atom is 0.253 e. The first-order valence-corrected chi connectivity index (χ1v) is 9.11. The number of aliphatic hydroxyl groups excluding tert-OH is 1. The fourth-order valence-electron chi connectivity index (χ4n) is 2.34. The number of hydrogen-bond donors (Lipinski definition) is 2. The molecule has 1 aromatic rings. The van der Waals surface area contributed by atoms with Gasteiger partial charge in [-0.05, 0) is 38.8 Å². The summed E-state index contributed by atoms with van der Waals surface area (Å²) in [5.41, 5.74) is 0. The minimum absolute atomic E-state index is 0.171. The van der Waals surface area contributed by atoms with Gasteiger partial charge in [-0.1, -0.05) is 0 Å². The lowest BCUT2D eigenvalue weighted by Gasteiger charge is -2.24. The summed E-state index contributed by atoms with van der Waals surface area (Å²) in [5.74, 6) is -0.342. The smallest absolute Gasteiger partial charge is 0.253 e. The van der Waals surface area contributed by atoms with Crippen LogP contribution in [0.2, 0.25) is 0 Å². The van der Waals surface area contributed by atoms with Crippen LogP contribution in [0.1, 0.15) is 24.6 Å². The summed E-state index contributed by atoms with van der Waals surface area (Å²) in [6, 6.07) is 2.27. The van der Waals surface area contributed by atoms with Crippen molar-refractivity contribution in [1.82, 2.24) is 9.62 Å². The van der Waals surface area contributed by atoms with Gasteiger partial charge in [0.05, 0.1) is 6.61 Å². The van der Waals surface area contributed by atoms with Gasteiger partial charge < -0.3 is 10.4 Å². The normalized spacial score (nSPS) is 21.4. The van der Waals surface area contributed by atoms with E-state index in [1.54, 1.807) is 19.1 Å². The van der Waals surface area contributed by atoms with Crippen LogP contribution in [0.3, 0.4) is 0 Å². The fourth-order valence-corrected chi connectivity index (χ4v) is 5.41. The fraction of sp³-hybridized carbons (Fsp3) is 0.615. The number of aliphatic hydroxyl groups is 1. The van der Waals surface area contributed by atoms with E-state index in [-0.39, 0.29) is 22.8 Å². The Balaban J connectivity index is 2.20. The van der Waals surface area contributed by atoms with Crippen molar-refractivity contribution < 1.29 is 18.3 Å². The molecule has 21 heavy (non-hydrogen) atoms. The Morgan fingerprint density at radius 3 is 2.86 bits per heavy atom. The molecule has 2 unspecified atom stereocenters. The summed E-state index contributed by atoms with van der Waals surface area (Å²) >= 11 is 1.21. The number of sulfonamides is 1. The summed E-state index contributed by atoms with van der Waals surface area (Å²) in [5, 5.41) is 11.6. The summed E-state index contributed by atoms with van der Waals surface area (Å²) in [6.07, 6.45) is 1.17. The average Bonchev–Trinajstić information content (AvgIpc) is 3.07. The van der Waals surface area contributed by atoms with E-state index in [1.165, 1.54) is 15.6 Å². The number of thiophene rings is 1. The zero-order valence-electron chi connectivity index (χ0n) is 12.1. The Kier molecular flexibility index (Phi) is 5.03. The zero-order chi connectivity index (χ0) is 15.6. The van der Waals surface area contributed by atoms with Crippen molar-refractivity contribution in [2.75, 3.05) is 13.2 Å². The number of rotatable bonds is 5. The van der Waals surface area contributed by atoms with Gasteiger partial charge in [0.15, 0.2) is 0 Å². The molecule has 1 aliphatic heterocycles. The highest BCUT2D eigenvalue weighted by Gasteiger charge is 2.40. The van der Waals surface area contributed by atoms with E-state index >= 15 is 0 Å². The highest BCUT2D eigenvalue weighted by molar-refractivity contribution is 7.91. The molecule has 0 bridgehead atoms. The monoisotopic (exact) mass is 332 g/mol. The predicted octanol–water partition coefficient (Wildman–Crippen LogP) is 0.707. The van der Waals surface area contributed by atoms with Crippen LogP contribution in [0.25, 0.3) is 0 Å². The van der Waals surface area contributed by atoms with Crippen LogP contribution >= 0.6 is 11.3 Å². The molecule has 2 atom stereocenters. The number of carbonyl (C=O) groups excluding carboxylic acids is 1. The molecular formula is C13H20N2O4S2. The Hall–Kier alpha value is -0.960. The van der Waals surface area contributed by atoms with Crippen LogP contribution in [-0.2, 0) is 14.8 Å². The largest absolute Gasteiger partial charge is 0.394 e. The van der Waals surface area contributed by atoms with Gasteiger partial charge in [0, 0.05) is 17.5 Å². The van der Waals surface area contributed by atoms with Crippen LogP contribution < -0.4 is 5.32 Å². The van der Waals surface area contributed by atoms with E-state index in [1.807, 2.05) is 6.92 Å². The van der Waals surface area contributed by atoms with E-state index in [0.29, 0.717) is 19.4 Å². The van der Waals surface area contributed by atoms with E-state index in [9.17, 15) is 13.2 Å². The SMILES string of the molecule is Cc1ccc(S(=O)(=O)N2CCCC2C(=O)NC(C)CO)s1. The minimum atomic E-state index is -3.63. The molecule has 1 saturated heterocycles. The molecule has 1 aromatic heterocycles. The molecule has 6 nitrogen and oxygen atoms in total. The maximum atomic E-state index is 12.6. The molecule has 0 spiro atoms. The Morgan fingerprint density at radius 2 is 2.29 bits per heavy atom. The van der Waals surface area contributed by atoms with Gasteiger partial charge in [0.25, 0.3) is 10.0 Å². The molecule has 1 amide bonds. The third kappa shape index (κ3) is 3.45. The quantitative estimate of drug-likeness (QED) is 0.831. The molecule has 8 heteroatoms. The highest BCUT2D eigenvalue weighted by atomic mass is 32.2. The third-order valence-electron chi connectivity index (χ3n) is 3.45. The number of amides is 1. The zero-order valence-corrected chi connectivity index (χ0v) is 13.7. The highest BCUT2D eigenvalue weighted by Crippen LogP contribution is 2.30. The molecule has 2 heterocycles. The Morgan fingerprint density at radius 1 is 1.57 bits per heavy atom. The molecule has 1 aliphatic rings. The molecule has 2 rings (SSSR count). The van der Waals surface area contributed by atoms with Crippen LogP contribution in [0.4, 0.5) is 0 Å². The van der Waals surface area contributed by atoms with Crippen LogP contribution in [0.5, 0.6) is 0 Å². The van der Waals surface area contributed by atoms with Crippen molar-refractivity contribution in [2.45, 2.75) is 43.0 Å². The van der Waals surface area contributed by atoms with Gasteiger partial charge in [0.1, 0.15) is 10.3 Å². The first kappa shape index (κ1) is 16.4. The van der Waals surface area contributed by atoms with Crippen LogP contribution in [0.15, 0.2) is 16.3 Å². The number of carbonyl (C=O) groups is 1. The van der Waals surface area contributed by atoms with E-state index in [2.05, 4.69) is 5.32 Å². The molecule has 0 saturated carbocycles. The number of aryl methyl sites for hydroxylation is 1. The van der Waals surface area contributed by atoms with Crippen molar-refractivity contribution in [1.29, 1.82) is 0 Å². The van der Waals surface area contributed by atoms with Gasteiger partial charge in [-0.15, -0.1) is 11.3 Å². The van der Waals surface area contributed by atoms with Gasteiger partial charge in [-0.25, -0.2) is 8.42 Å². The lowest BCUT2D eigenvalue weighted by molar-refractivity contribution is -0.125. The van der Waals surface area contributed by atoms with Crippen molar-refractivity contribution >= 4 is 27.3 Å². The number of nitrogens with one attached hydrogen (secondary N) is 1. The summed E-state index contributed by atoms with van der Waals surface area (Å²) < 4.78 is 26.8. The maximum absolute atomic E-state index is 12.6. The first-order valence-electron chi connectivity index (χ1n) is 6.85. The second-order valence-electron chi connectivity index (χ2n) is 5.23. The predicted molar refractivity (Wildman–Crippen MR) is 80.7 cm³/mol. The van der Waals surface area contributed by atoms with Gasteiger partial charge in [-0.3, -0.25) is 4.79 Å². The lowest BCUT2D eigenvalue weighted by Crippen LogP contribution is -2.48. The second-order valence-corrected chi connectivity index (χ2v) is 8.64. The topological polar surface area (TPSA) is 86.7 Å². The second kappa shape index (κ2) is 6.43. The van der Waals surface area contributed by atoms with E-state index < -0.39 is 16.1 Å². The molecule has 0 aliphatic carbocycles. The number of nitrogens with zero attached hydrogens (tertiary/aromatic N) is 1. The van der Waals surface area contributed by atoms with Gasteiger partial charge >= 0.3 is 0 Å². The Labute approximate surface area is 128 Å². The summed E-state index contributed by atoms with van der Waals surface area (Å²) in [6.45, 7) is 3.70. The van der Waals surface area contributed by atoms with Crippen molar-refractivity contribution in [3.8, 4) is 0 Å². The standard InChI is InChI=1S/C13H20N2O4S2/c1-9(8-16)14-13(17)11-4-3-7-15(11)21(18,19)12-6-5-10(2)20-12/h5-6,9,11,16H,3-4,7-8H2,1-2H3,(H,14,17). The molecule has 2 N–H and O–H groups in total. The molecular weight excluding hydrogens is 312 g/mol. The van der Waals surface area contributed by atoms with Crippen molar-refractivity contribution in [3.05, 3.63) is 17.0 Å². The third-order valence-corrected chi connectivity index (χ3v) is 6.82. The summed E-state index contributed by atoms with van der Waals surface area (Å²) in [7, 11) is -3.63. The average molecular weight is 332 g/mol. The first-order chi connectivity index (χ1) is 9.86. The number of hydrogen-bond acceptors (Lipinski definition) is 5. The van der Waals surface area contributed by atoms with Crippen molar-refractivity contribution in [3.63, 3.8) is 0 Å². The molecule has 1 fully saturated rings. The van der Waals surface area contributed by atoms with Crippen LogP contribution in [0, 0.1) is 6.92 Å². The van der Waals surface area contributed by atoms with Crippen LogP contribution in [-0.4, -0.2) is 49.0 Å². The molecule has 0 aromatic carbocycles. The lowest BCUT2D eigenvalue weighted by atomic mass is 10.2. The van der Waals surface area contributed by atoms with Crippen molar-refractivity contribution in [2.24, 2.45) is 0 Å². The Bertz CT molecular complexity index is 611. The van der Waals surface area contributed by atoms with E-state index in [0.717, 1.165) is 4.88 Å². The molecule has 118 valence electrons. The minimum Gasteiger partial charge on any atom is -0.394 e. The summed E-state index contributed by atoms with van der Waals surface area (Å²) in [4.78, 5) is 13.1.